The van der Waals surface area contributed by atoms with Crippen LogP contribution in [0.4, 0.5) is 0 Å². The molecule has 0 unspecified atom stereocenters. The van der Waals surface area contributed by atoms with Crippen LogP contribution in [0.25, 0.3) is 0 Å². The summed E-state index contributed by atoms with van der Waals surface area (Å²) in [5, 5.41) is 0. The van der Waals surface area contributed by atoms with Crippen LogP contribution < -0.4 is 0 Å². The van der Waals surface area contributed by atoms with Crippen molar-refractivity contribution in [3.05, 3.63) is 0 Å². The molecule has 11 atom stereocenters. The summed E-state index contributed by atoms with van der Waals surface area (Å²) in [7, 11) is 1.87. The first-order valence-corrected chi connectivity index (χ1v) is 12.7. The van der Waals surface area contributed by atoms with E-state index in [-0.39, 0.29) is 0 Å². The fourth-order valence-corrected chi connectivity index (χ4v) is 9.66. The second-order valence-electron chi connectivity index (χ2n) is 12.5. The van der Waals surface area contributed by atoms with Gasteiger partial charge in [0.15, 0.2) is 0 Å². The van der Waals surface area contributed by atoms with Gasteiger partial charge in [-0.1, -0.05) is 48.0 Å². The van der Waals surface area contributed by atoms with Crippen LogP contribution in [0.2, 0.25) is 0 Å². The molecular formula is C27H48O. The molecule has 4 fully saturated rings. The summed E-state index contributed by atoms with van der Waals surface area (Å²) < 4.78 is 5.45. The van der Waals surface area contributed by atoms with Crippen molar-refractivity contribution in [1.29, 1.82) is 0 Å². The molecule has 4 saturated carbocycles. The number of rotatable bonds is 4. The predicted octanol–water partition coefficient (Wildman–Crippen LogP) is 7.45. The maximum atomic E-state index is 5.45. The van der Waals surface area contributed by atoms with Gasteiger partial charge in [-0.15, -0.1) is 0 Å². The van der Waals surface area contributed by atoms with Gasteiger partial charge in [0.1, 0.15) is 0 Å². The van der Waals surface area contributed by atoms with E-state index in [0.717, 1.165) is 59.9 Å². The largest absolute Gasteiger partial charge is 0.385 e. The molecule has 0 N–H and O–H groups in total. The molecule has 0 heterocycles. The Bertz CT molecular complexity index is 556. The Hall–Kier alpha value is -0.0400. The Morgan fingerprint density at radius 3 is 2.43 bits per heavy atom. The van der Waals surface area contributed by atoms with E-state index in [9.17, 15) is 0 Å². The van der Waals surface area contributed by atoms with E-state index < -0.39 is 0 Å². The molecule has 0 amide bonds. The first kappa shape index (κ1) is 21.2. The Morgan fingerprint density at radius 2 is 1.71 bits per heavy atom. The third kappa shape index (κ3) is 3.04. The monoisotopic (exact) mass is 388 g/mol. The second kappa shape index (κ2) is 7.58. The molecule has 0 aromatic heterocycles. The summed E-state index contributed by atoms with van der Waals surface area (Å²) >= 11 is 0. The molecular weight excluding hydrogens is 340 g/mol. The topological polar surface area (TPSA) is 9.23 Å². The van der Waals surface area contributed by atoms with Crippen molar-refractivity contribution >= 4 is 0 Å². The number of methoxy groups -OCH3 is 1. The minimum absolute atomic E-state index is 0.563. The SMILES string of the molecule is COCC[C@@H](C)[C@H]1CC[C@H]2[C@@H]3[C@H](C)C[C@@H]4C[C@H](C)CC[C@]4(C)[C@H]3C[C@H](C)[C@]12C. The molecule has 4 aliphatic carbocycles. The number of hydrogen-bond acceptors (Lipinski definition) is 1. The van der Waals surface area contributed by atoms with Gasteiger partial charge in [-0.3, -0.25) is 0 Å². The highest BCUT2D eigenvalue weighted by molar-refractivity contribution is 5.12. The molecule has 28 heavy (non-hydrogen) atoms. The van der Waals surface area contributed by atoms with E-state index in [2.05, 4.69) is 41.5 Å². The minimum atomic E-state index is 0.563. The third-order valence-corrected chi connectivity index (χ3v) is 11.4. The molecule has 0 aliphatic heterocycles. The standard InChI is InChI=1S/C27H48O/c1-17-10-12-26(5)21(14-17)15-19(3)25-23-9-8-22(18(2)11-13-28-7)27(23,6)20(4)16-24(25)26/h17-25H,8-16H2,1-7H3/t17-,18-,19-,20+,21+,22-,23+,24+,25+,26+,27-/m1/s1. The average molecular weight is 389 g/mol. The lowest BCUT2D eigenvalue weighted by Gasteiger charge is -2.65. The molecule has 4 aliphatic rings. The van der Waals surface area contributed by atoms with Crippen LogP contribution in [0.5, 0.6) is 0 Å². The van der Waals surface area contributed by atoms with Gasteiger partial charge in [0.25, 0.3) is 0 Å². The van der Waals surface area contributed by atoms with E-state index >= 15 is 0 Å². The molecule has 0 spiro atoms. The van der Waals surface area contributed by atoms with Crippen LogP contribution in [0.15, 0.2) is 0 Å². The Morgan fingerprint density at radius 1 is 0.964 bits per heavy atom. The fraction of sp³-hybridized carbons (Fsp3) is 1.00. The lowest BCUT2D eigenvalue weighted by molar-refractivity contribution is -0.163. The molecule has 0 bridgehead atoms. The van der Waals surface area contributed by atoms with Gasteiger partial charge in [0, 0.05) is 13.7 Å². The lowest BCUT2D eigenvalue weighted by atomic mass is 9.40. The molecule has 0 aromatic rings. The molecule has 1 heteroatoms. The van der Waals surface area contributed by atoms with Crippen molar-refractivity contribution in [3.63, 3.8) is 0 Å². The lowest BCUT2D eigenvalue weighted by Crippen LogP contribution is -2.58. The van der Waals surface area contributed by atoms with Crippen LogP contribution >= 0.6 is 0 Å². The zero-order valence-corrected chi connectivity index (χ0v) is 20.0. The van der Waals surface area contributed by atoms with Crippen LogP contribution in [0.3, 0.4) is 0 Å². The molecule has 0 saturated heterocycles. The van der Waals surface area contributed by atoms with Gasteiger partial charge in [0.2, 0.25) is 0 Å². The Balaban J connectivity index is 1.62. The van der Waals surface area contributed by atoms with Crippen molar-refractivity contribution < 1.29 is 4.74 Å². The van der Waals surface area contributed by atoms with Gasteiger partial charge in [0.05, 0.1) is 0 Å². The number of fused-ring (bicyclic) bond motifs is 5. The third-order valence-electron chi connectivity index (χ3n) is 11.4. The van der Waals surface area contributed by atoms with Crippen LogP contribution in [0.1, 0.15) is 92.9 Å². The predicted molar refractivity (Wildman–Crippen MR) is 119 cm³/mol. The summed E-state index contributed by atoms with van der Waals surface area (Å²) in [5.74, 6) is 8.48. The molecule has 0 aromatic carbocycles. The quantitative estimate of drug-likeness (QED) is 0.486. The van der Waals surface area contributed by atoms with Gasteiger partial charge >= 0.3 is 0 Å². The van der Waals surface area contributed by atoms with Crippen molar-refractivity contribution in [2.45, 2.75) is 92.9 Å². The van der Waals surface area contributed by atoms with E-state index in [0.29, 0.717) is 10.8 Å². The Labute approximate surface area is 175 Å². The first-order chi connectivity index (χ1) is 13.2. The normalized spacial score (nSPS) is 54.5. The highest BCUT2D eigenvalue weighted by atomic mass is 16.5. The maximum Gasteiger partial charge on any atom is 0.0464 e. The highest BCUT2D eigenvalue weighted by Gasteiger charge is 2.64. The van der Waals surface area contributed by atoms with E-state index in [4.69, 9.17) is 4.74 Å². The molecule has 4 rings (SSSR count). The van der Waals surface area contributed by atoms with Gasteiger partial charge in [-0.05, 0) is 109 Å². The number of ether oxygens (including phenoxy) is 1. The highest BCUT2D eigenvalue weighted by Crippen LogP contribution is 2.71. The van der Waals surface area contributed by atoms with E-state index in [1.165, 1.54) is 51.4 Å². The van der Waals surface area contributed by atoms with Crippen LogP contribution in [0, 0.1) is 64.1 Å². The van der Waals surface area contributed by atoms with Crippen molar-refractivity contribution in [2.24, 2.45) is 64.1 Å². The van der Waals surface area contributed by atoms with E-state index in [1.807, 2.05) is 7.11 Å². The number of hydrogen-bond donors (Lipinski definition) is 0. The first-order valence-electron chi connectivity index (χ1n) is 12.7. The van der Waals surface area contributed by atoms with Crippen molar-refractivity contribution in [2.75, 3.05) is 13.7 Å². The summed E-state index contributed by atoms with van der Waals surface area (Å²) in [6, 6.07) is 0. The summed E-state index contributed by atoms with van der Waals surface area (Å²) in [5.41, 5.74) is 1.20. The van der Waals surface area contributed by atoms with Gasteiger partial charge in [-0.25, -0.2) is 0 Å². The smallest absolute Gasteiger partial charge is 0.0464 e. The molecule has 0 radical (unpaired) electrons. The second-order valence-corrected chi connectivity index (χ2v) is 12.5. The van der Waals surface area contributed by atoms with Gasteiger partial charge < -0.3 is 4.74 Å². The average Bonchev–Trinajstić information content (AvgIpc) is 3.01. The maximum absolute atomic E-state index is 5.45. The zero-order valence-electron chi connectivity index (χ0n) is 20.0. The molecule has 162 valence electrons. The summed E-state index contributed by atoms with van der Waals surface area (Å²) in [4.78, 5) is 0. The van der Waals surface area contributed by atoms with Crippen LogP contribution in [-0.2, 0) is 4.74 Å². The Kier molecular flexibility index (Phi) is 5.74. The zero-order chi connectivity index (χ0) is 20.3. The minimum Gasteiger partial charge on any atom is -0.385 e. The van der Waals surface area contributed by atoms with Gasteiger partial charge in [-0.2, -0.15) is 0 Å². The summed E-state index contributed by atoms with van der Waals surface area (Å²) in [6.45, 7) is 16.7. The van der Waals surface area contributed by atoms with Crippen molar-refractivity contribution in [3.8, 4) is 0 Å². The fourth-order valence-electron chi connectivity index (χ4n) is 9.66. The summed E-state index contributed by atoms with van der Waals surface area (Å²) in [6.07, 6.45) is 11.8. The molecule has 1 nitrogen and oxygen atoms in total. The van der Waals surface area contributed by atoms with Crippen molar-refractivity contribution in [1.82, 2.24) is 0 Å². The van der Waals surface area contributed by atoms with Crippen LogP contribution in [-0.4, -0.2) is 13.7 Å². The van der Waals surface area contributed by atoms with E-state index in [1.54, 1.807) is 0 Å².